The van der Waals surface area contributed by atoms with Gasteiger partial charge in [0.15, 0.2) is 0 Å². The molecular weight excluding hydrogens is 585 g/mol. The van der Waals surface area contributed by atoms with E-state index in [1.807, 2.05) is 13.8 Å². The lowest BCUT2D eigenvalue weighted by molar-refractivity contribution is -0.385. The lowest BCUT2D eigenvalue weighted by atomic mass is 10.0. The van der Waals surface area contributed by atoms with Crippen molar-refractivity contribution in [1.82, 2.24) is 14.5 Å². The second-order valence-electron chi connectivity index (χ2n) is 11.4. The first kappa shape index (κ1) is 29.4. The van der Waals surface area contributed by atoms with E-state index < -0.39 is 39.7 Å². The second-order valence-corrected chi connectivity index (χ2v) is 12.2. The van der Waals surface area contributed by atoms with Gasteiger partial charge in [-0.3, -0.25) is 24.5 Å². The number of aromatic nitrogens is 2. The van der Waals surface area contributed by atoms with Crippen molar-refractivity contribution >= 4 is 44.3 Å². The van der Waals surface area contributed by atoms with Crippen LogP contribution < -0.4 is 10.5 Å². The lowest BCUT2D eigenvalue weighted by Crippen LogP contribution is -2.55. The Labute approximate surface area is 240 Å². The van der Waals surface area contributed by atoms with Gasteiger partial charge in [0.1, 0.15) is 17.1 Å². The molecule has 0 spiro atoms. The Bertz CT molecular complexity index is 1570. The summed E-state index contributed by atoms with van der Waals surface area (Å²) in [6, 6.07) is 3.98. The van der Waals surface area contributed by atoms with Crippen LogP contribution in [-0.2, 0) is 4.74 Å². The van der Waals surface area contributed by atoms with E-state index in [0.29, 0.717) is 22.5 Å². The maximum Gasteiger partial charge on any atom is 0.410 e. The normalized spacial score (nSPS) is 16.1. The molecule has 1 aromatic carbocycles. The Morgan fingerprint density at radius 2 is 1.93 bits per heavy atom. The summed E-state index contributed by atoms with van der Waals surface area (Å²) >= 11 is 3.23. The van der Waals surface area contributed by atoms with Gasteiger partial charge in [-0.05, 0) is 80.2 Å². The summed E-state index contributed by atoms with van der Waals surface area (Å²) in [6.07, 6.45) is 1.14. The van der Waals surface area contributed by atoms with Crippen LogP contribution in [-0.4, -0.2) is 56.7 Å². The Hall–Kier alpha value is -3.54. The molecule has 3 aromatic rings. The third kappa shape index (κ3) is 5.41. The highest BCUT2D eigenvalue weighted by Crippen LogP contribution is 2.39. The van der Waals surface area contributed by atoms with Crippen LogP contribution >= 0.6 is 15.9 Å². The van der Waals surface area contributed by atoms with Crippen LogP contribution in [0.15, 0.2) is 33.7 Å². The molecule has 1 aliphatic heterocycles. The van der Waals surface area contributed by atoms with Gasteiger partial charge in [0, 0.05) is 37.3 Å². The molecule has 40 heavy (non-hydrogen) atoms. The summed E-state index contributed by atoms with van der Waals surface area (Å²) in [7, 11) is 0. The maximum absolute atomic E-state index is 15.1. The number of carbonyl (C=O) groups is 1. The number of hydrogen-bond donors (Lipinski definition) is 0. The fourth-order valence-corrected chi connectivity index (χ4v) is 5.43. The van der Waals surface area contributed by atoms with E-state index in [1.165, 1.54) is 21.6 Å². The highest BCUT2D eigenvalue weighted by atomic mass is 79.9. The Kier molecular flexibility index (Phi) is 7.94. The minimum absolute atomic E-state index is 0.0247. The number of aryl methyl sites for hydroxylation is 1. The van der Waals surface area contributed by atoms with Gasteiger partial charge < -0.3 is 14.5 Å². The molecule has 10 nitrogen and oxygen atoms in total. The summed E-state index contributed by atoms with van der Waals surface area (Å²) in [5, 5.41) is 12.8. The smallest absolute Gasteiger partial charge is 0.410 e. The number of pyridine rings is 2. The van der Waals surface area contributed by atoms with Crippen LogP contribution in [0.5, 0.6) is 0 Å². The summed E-state index contributed by atoms with van der Waals surface area (Å²) in [6.45, 7) is 13.4. The zero-order valence-electron chi connectivity index (χ0n) is 23.6. The van der Waals surface area contributed by atoms with E-state index in [1.54, 1.807) is 51.8 Å². The first-order chi connectivity index (χ1) is 18.6. The molecule has 3 heterocycles. The SMILES string of the molecule is Cc1ccnc(C(C)C)c1-n1c(=O)c([N+](=O)[O-])c(N2CCN(C(=O)OC(C)(C)C)C[C@@H]2C)c2cc(F)c(Br)cc21. The molecule has 0 N–H and O–H groups in total. The minimum Gasteiger partial charge on any atom is -0.444 e. The monoisotopic (exact) mass is 617 g/mol. The fraction of sp³-hybridized carbons (Fsp3) is 0.464. The van der Waals surface area contributed by atoms with Gasteiger partial charge in [0.2, 0.25) is 0 Å². The number of hydrogen-bond acceptors (Lipinski definition) is 7. The number of nitrogens with zero attached hydrogens (tertiary/aromatic N) is 5. The van der Waals surface area contributed by atoms with Crippen LogP contribution in [0.3, 0.4) is 0 Å². The van der Waals surface area contributed by atoms with Crippen LogP contribution in [0.2, 0.25) is 0 Å². The molecule has 4 rings (SSSR count). The third-order valence-electron chi connectivity index (χ3n) is 6.84. The Morgan fingerprint density at radius 3 is 2.50 bits per heavy atom. The van der Waals surface area contributed by atoms with E-state index in [0.717, 1.165) is 0 Å². The van der Waals surface area contributed by atoms with Crippen LogP contribution in [0.4, 0.5) is 20.6 Å². The van der Waals surface area contributed by atoms with Gasteiger partial charge in [-0.2, -0.15) is 0 Å². The van der Waals surface area contributed by atoms with E-state index >= 15 is 4.39 Å². The number of nitro groups is 1. The molecule has 0 saturated carbocycles. The van der Waals surface area contributed by atoms with Crippen molar-refractivity contribution in [2.45, 2.75) is 66.0 Å². The quantitative estimate of drug-likeness (QED) is 0.258. The third-order valence-corrected chi connectivity index (χ3v) is 7.45. The highest BCUT2D eigenvalue weighted by Gasteiger charge is 2.37. The Morgan fingerprint density at radius 1 is 1.25 bits per heavy atom. The van der Waals surface area contributed by atoms with Crippen molar-refractivity contribution in [2.24, 2.45) is 0 Å². The molecular formula is C28H33BrFN5O5. The van der Waals surface area contributed by atoms with Crippen LogP contribution in [0, 0.1) is 22.9 Å². The number of piperazine rings is 1. The Balaban J connectivity index is 1.99. The van der Waals surface area contributed by atoms with Crippen molar-refractivity contribution in [1.29, 1.82) is 0 Å². The van der Waals surface area contributed by atoms with Gasteiger partial charge in [-0.15, -0.1) is 0 Å². The molecule has 1 aliphatic rings. The number of amides is 1. The number of carbonyl (C=O) groups excluding carboxylic acids is 1. The van der Waals surface area contributed by atoms with Crippen molar-refractivity contribution in [2.75, 3.05) is 24.5 Å². The van der Waals surface area contributed by atoms with Gasteiger partial charge in [0.25, 0.3) is 0 Å². The van der Waals surface area contributed by atoms with Gasteiger partial charge in [0.05, 0.1) is 26.3 Å². The predicted molar refractivity (Wildman–Crippen MR) is 155 cm³/mol. The molecule has 214 valence electrons. The fourth-order valence-electron chi connectivity index (χ4n) is 5.10. The van der Waals surface area contributed by atoms with E-state index in [2.05, 4.69) is 20.9 Å². The number of rotatable bonds is 4. The van der Waals surface area contributed by atoms with Crippen molar-refractivity contribution in [3.8, 4) is 5.69 Å². The second kappa shape index (κ2) is 10.8. The van der Waals surface area contributed by atoms with E-state index in [-0.39, 0.29) is 41.1 Å². The molecule has 1 atom stereocenters. The lowest BCUT2D eigenvalue weighted by Gasteiger charge is -2.41. The highest BCUT2D eigenvalue weighted by molar-refractivity contribution is 9.10. The number of fused-ring (bicyclic) bond motifs is 1. The summed E-state index contributed by atoms with van der Waals surface area (Å²) in [5.74, 6) is -0.722. The van der Waals surface area contributed by atoms with E-state index in [4.69, 9.17) is 4.74 Å². The number of anilines is 1. The van der Waals surface area contributed by atoms with Gasteiger partial charge in [-0.25, -0.2) is 9.18 Å². The zero-order chi connectivity index (χ0) is 29.7. The van der Waals surface area contributed by atoms with Gasteiger partial charge in [-0.1, -0.05) is 13.8 Å². The van der Waals surface area contributed by atoms with Gasteiger partial charge >= 0.3 is 17.3 Å². The maximum atomic E-state index is 15.1. The predicted octanol–water partition coefficient (Wildman–Crippen LogP) is 6.07. The topological polar surface area (TPSA) is 111 Å². The molecule has 2 aromatic heterocycles. The largest absolute Gasteiger partial charge is 0.444 e. The average molecular weight is 619 g/mol. The molecule has 12 heteroatoms. The standard InChI is InChI=1S/C28H33BrFN5O5/c1-15(2)22-23(16(3)8-9-31-22)34-21-13-19(29)20(30)12-18(21)24(25(26(34)36)35(38)39)33-11-10-32(14-17(33)4)27(37)40-28(5,6)7/h8-9,12-13,15,17H,10-11,14H2,1-7H3/t17-/m0/s1. The molecule has 0 aliphatic carbocycles. The van der Waals surface area contributed by atoms with Crippen molar-refractivity contribution in [3.05, 3.63) is 66.4 Å². The molecule has 0 bridgehead atoms. The molecule has 1 saturated heterocycles. The average Bonchev–Trinajstić information content (AvgIpc) is 2.84. The molecule has 0 radical (unpaired) electrons. The first-order valence-corrected chi connectivity index (χ1v) is 13.8. The van der Waals surface area contributed by atoms with Crippen LogP contribution in [0.1, 0.15) is 58.7 Å². The molecule has 1 fully saturated rings. The summed E-state index contributed by atoms with van der Waals surface area (Å²) < 4.78 is 22.0. The van der Waals surface area contributed by atoms with E-state index in [9.17, 15) is 19.7 Å². The summed E-state index contributed by atoms with van der Waals surface area (Å²) in [4.78, 5) is 46.4. The zero-order valence-corrected chi connectivity index (χ0v) is 25.2. The number of benzene rings is 1. The number of ether oxygens (including phenoxy) is 1. The van der Waals surface area contributed by atoms with Crippen molar-refractivity contribution < 1.29 is 18.8 Å². The first-order valence-electron chi connectivity index (χ1n) is 13.0. The molecule has 1 amide bonds. The van der Waals surface area contributed by atoms with Crippen molar-refractivity contribution in [3.63, 3.8) is 0 Å². The molecule has 0 unspecified atom stereocenters. The summed E-state index contributed by atoms with van der Waals surface area (Å²) in [5.41, 5.74) is -0.135. The van der Waals surface area contributed by atoms with Crippen LogP contribution in [0.25, 0.3) is 16.6 Å². The minimum atomic E-state index is -0.842. The number of halogens is 2.